The SMILES string of the molecule is COc1cccc(N)c1C1=CCNCC1. The highest BCUT2D eigenvalue weighted by Gasteiger charge is 2.13. The molecule has 0 aromatic heterocycles. The zero-order valence-electron chi connectivity index (χ0n) is 8.92. The van der Waals surface area contributed by atoms with Crippen molar-refractivity contribution in [2.24, 2.45) is 0 Å². The average molecular weight is 204 g/mol. The Balaban J connectivity index is 2.45. The molecule has 0 saturated carbocycles. The molecule has 3 heteroatoms. The van der Waals surface area contributed by atoms with Gasteiger partial charge in [0.2, 0.25) is 0 Å². The number of hydrogen-bond acceptors (Lipinski definition) is 3. The molecule has 0 saturated heterocycles. The van der Waals surface area contributed by atoms with Gasteiger partial charge in [-0.1, -0.05) is 12.1 Å². The van der Waals surface area contributed by atoms with Crippen molar-refractivity contribution in [2.75, 3.05) is 25.9 Å². The smallest absolute Gasteiger partial charge is 0.128 e. The number of anilines is 1. The Morgan fingerprint density at radius 2 is 2.27 bits per heavy atom. The number of nitrogen functional groups attached to an aromatic ring is 1. The molecule has 0 atom stereocenters. The van der Waals surface area contributed by atoms with Gasteiger partial charge < -0.3 is 15.8 Å². The zero-order chi connectivity index (χ0) is 10.7. The van der Waals surface area contributed by atoms with Gasteiger partial charge >= 0.3 is 0 Å². The highest BCUT2D eigenvalue weighted by atomic mass is 16.5. The summed E-state index contributed by atoms with van der Waals surface area (Å²) in [6.45, 7) is 1.91. The van der Waals surface area contributed by atoms with Crippen LogP contribution in [-0.4, -0.2) is 20.2 Å². The van der Waals surface area contributed by atoms with Gasteiger partial charge in [-0.15, -0.1) is 0 Å². The summed E-state index contributed by atoms with van der Waals surface area (Å²) in [6.07, 6.45) is 3.18. The molecular formula is C12H16N2O. The standard InChI is InChI=1S/C12H16N2O/c1-15-11-4-2-3-10(13)12(11)9-5-7-14-8-6-9/h2-5,14H,6-8,13H2,1H3. The van der Waals surface area contributed by atoms with Crippen molar-refractivity contribution in [1.29, 1.82) is 0 Å². The van der Waals surface area contributed by atoms with Gasteiger partial charge in [0.05, 0.1) is 7.11 Å². The van der Waals surface area contributed by atoms with E-state index in [1.54, 1.807) is 7.11 Å². The van der Waals surface area contributed by atoms with Crippen LogP contribution in [0.5, 0.6) is 5.75 Å². The third-order valence-electron chi connectivity index (χ3n) is 2.66. The molecule has 1 aromatic rings. The van der Waals surface area contributed by atoms with E-state index in [1.807, 2.05) is 18.2 Å². The normalized spacial score (nSPS) is 15.9. The van der Waals surface area contributed by atoms with E-state index in [9.17, 15) is 0 Å². The molecule has 3 nitrogen and oxygen atoms in total. The predicted octanol–water partition coefficient (Wildman–Crippen LogP) is 1.65. The van der Waals surface area contributed by atoms with Gasteiger partial charge in [-0.3, -0.25) is 0 Å². The Morgan fingerprint density at radius 1 is 1.40 bits per heavy atom. The summed E-state index contributed by atoms with van der Waals surface area (Å²) in [7, 11) is 1.68. The molecular weight excluding hydrogens is 188 g/mol. The first-order valence-corrected chi connectivity index (χ1v) is 5.15. The first kappa shape index (κ1) is 10.1. The van der Waals surface area contributed by atoms with Crippen molar-refractivity contribution in [2.45, 2.75) is 6.42 Å². The fraction of sp³-hybridized carbons (Fsp3) is 0.333. The van der Waals surface area contributed by atoms with E-state index in [-0.39, 0.29) is 0 Å². The van der Waals surface area contributed by atoms with Crippen molar-refractivity contribution >= 4 is 11.3 Å². The number of rotatable bonds is 2. The summed E-state index contributed by atoms with van der Waals surface area (Å²) in [4.78, 5) is 0. The van der Waals surface area contributed by atoms with Gasteiger partial charge in [-0.2, -0.15) is 0 Å². The van der Waals surface area contributed by atoms with E-state index in [2.05, 4.69) is 11.4 Å². The maximum Gasteiger partial charge on any atom is 0.128 e. The van der Waals surface area contributed by atoms with Crippen molar-refractivity contribution in [1.82, 2.24) is 5.32 Å². The van der Waals surface area contributed by atoms with Crippen molar-refractivity contribution in [3.05, 3.63) is 29.8 Å². The second-order valence-electron chi connectivity index (χ2n) is 3.61. The van der Waals surface area contributed by atoms with E-state index in [0.717, 1.165) is 36.5 Å². The van der Waals surface area contributed by atoms with Crippen molar-refractivity contribution < 1.29 is 4.74 Å². The molecule has 15 heavy (non-hydrogen) atoms. The minimum Gasteiger partial charge on any atom is -0.496 e. The maximum absolute atomic E-state index is 5.99. The first-order chi connectivity index (χ1) is 7.33. The molecule has 0 fully saturated rings. The minimum atomic E-state index is 0.794. The van der Waals surface area contributed by atoms with Gasteiger partial charge in [0.25, 0.3) is 0 Å². The monoisotopic (exact) mass is 204 g/mol. The third kappa shape index (κ3) is 1.97. The second kappa shape index (κ2) is 4.36. The summed E-state index contributed by atoms with van der Waals surface area (Å²) in [5.74, 6) is 0.864. The Hall–Kier alpha value is -1.48. The highest BCUT2D eigenvalue weighted by Crippen LogP contribution is 2.33. The second-order valence-corrected chi connectivity index (χ2v) is 3.61. The molecule has 0 amide bonds. The van der Waals surface area contributed by atoms with Crippen LogP contribution in [0.15, 0.2) is 24.3 Å². The fourth-order valence-electron chi connectivity index (χ4n) is 1.91. The van der Waals surface area contributed by atoms with E-state index >= 15 is 0 Å². The zero-order valence-corrected chi connectivity index (χ0v) is 8.92. The van der Waals surface area contributed by atoms with Crippen LogP contribution in [0.2, 0.25) is 0 Å². The number of nitrogens with two attached hydrogens (primary N) is 1. The molecule has 80 valence electrons. The molecule has 3 N–H and O–H groups in total. The van der Waals surface area contributed by atoms with Crippen LogP contribution in [0, 0.1) is 0 Å². The Morgan fingerprint density at radius 3 is 2.93 bits per heavy atom. The van der Waals surface area contributed by atoms with Crippen LogP contribution in [0.1, 0.15) is 12.0 Å². The average Bonchev–Trinajstić information content (AvgIpc) is 2.29. The third-order valence-corrected chi connectivity index (χ3v) is 2.66. The molecule has 0 bridgehead atoms. The molecule has 0 radical (unpaired) electrons. The van der Waals surface area contributed by atoms with Gasteiger partial charge in [0, 0.05) is 17.8 Å². The van der Waals surface area contributed by atoms with Gasteiger partial charge in [-0.05, 0) is 30.7 Å². The number of benzene rings is 1. The topological polar surface area (TPSA) is 47.3 Å². The lowest BCUT2D eigenvalue weighted by Crippen LogP contribution is -2.20. The highest BCUT2D eigenvalue weighted by molar-refractivity contribution is 5.80. The predicted molar refractivity (Wildman–Crippen MR) is 62.9 cm³/mol. The number of methoxy groups -OCH3 is 1. The lowest BCUT2D eigenvalue weighted by atomic mass is 9.98. The van der Waals surface area contributed by atoms with Gasteiger partial charge in [0.1, 0.15) is 5.75 Å². The number of nitrogens with one attached hydrogen (secondary N) is 1. The maximum atomic E-state index is 5.99. The molecule has 1 heterocycles. The lowest BCUT2D eigenvalue weighted by molar-refractivity contribution is 0.413. The van der Waals surface area contributed by atoms with Crippen molar-refractivity contribution in [3.63, 3.8) is 0 Å². The molecule has 2 rings (SSSR count). The van der Waals surface area contributed by atoms with Gasteiger partial charge in [-0.25, -0.2) is 0 Å². The quantitative estimate of drug-likeness (QED) is 0.720. The van der Waals surface area contributed by atoms with E-state index in [4.69, 9.17) is 10.5 Å². The van der Waals surface area contributed by atoms with Crippen LogP contribution in [0.4, 0.5) is 5.69 Å². The summed E-state index contributed by atoms with van der Waals surface area (Å²) >= 11 is 0. The van der Waals surface area contributed by atoms with Crippen LogP contribution >= 0.6 is 0 Å². The number of ether oxygens (including phenoxy) is 1. The largest absolute Gasteiger partial charge is 0.496 e. The molecule has 1 aromatic carbocycles. The molecule has 0 spiro atoms. The molecule has 0 aliphatic carbocycles. The summed E-state index contributed by atoms with van der Waals surface area (Å²) < 4.78 is 5.34. The Labute approximate surface area is 89.9 Å². The summed E-state index contributed by atoms with van der Waals surface area (Å²) in [5.41, 5.74) is 9.12. The van der Waals surface area contributed by atoms with Crippen LogP contribution in [0.25, 0.3) is 5.57 Å². The van der Waals surface area contributed by atoms with E-state index < -0.39 is 0 Å². The summed E-state index contributed by atoms with van der Waals surface area (Å²) in [5, 5.41) is 3.28. The van der Waals surface area contributed by atoms with Gasteiger partial charge in [0.15, 0.2) is 0 Å². The fourth-order valence-corrected chi connectivity index (χ4v) is 1.91. The van der Waals surface area contributed by atoms with Crippen LogP contribution in [-0.2, 0) is 0 Å². The Kier molecular flexibility index (Phi) is 2.92. The molecule has 1 aliphatic heterocycles. The van der Waals surface area contributed by atoms with Crippen LogP contribution in [0.3, 0.4) is 0 Å². The Bertz CT molecular complexity index is 385. The van der Waals surface area contributed by atoms with Crippen molar-refractivity contribution in [3.8, 4) is 5.75 Å². The van der Waals surface area contributed by atoms with E-state index in [0.29, 0.717) is 0 Å². The first-order valence-electron chi connectivity index (χ1n) is 5.15. The van der Waals surface area contributed by atoms with Crippen LogP contribution < -0.4 is 15.8 Å². The molecule has 0 unspecified atom stereocenters. The summed E-state index contributed by atoms with van der Waals surface area (Å²) in [6, 6.07) is 5.79. The lowest BCUT2D eigenvalue weighted by Gasteiger charge is -2.18. The molecule has 1 aliphatic rings. The van der Waals surface area contributed by atoms with E-state index in [1.165, 1.54) is 5.57 Å². The minimum absolute atomic E-state index is 0.794. The number of hydrogen-bond donors (Lipinski definition) is 2.